The van der Waals surface area contributed by atoms with E-state index in [1.807, 2.05) is 13.8 Å². The first kappa shape index (κ1) is 10.5. The molecule has 0 saturated heterocycles. The van der Waals surface area contributed by atoms with E-state index in [0.717, 1.165) is 0 Å². The third kappa shape index (κ3) is 5.30. The van der Waals surface area contributed by atoms with Gasteiger partial charge in [0.2, 0.25) is 0 Å². The van der Waals surface area contributed by atoms with Crippen LogP contribution in [0.15, 0.2) is 0 Å². The van der Waals surface area contributed by atoms with Gasteiger partial charge in [-0.05, 0) is 19.3 Å². The monoisotopic (exact) mass is 184 g/mol. The van der Waals surface area contributed by atoms with E-state index in [1.54, 1.807) is 0 Å². The van der Waals surface area contributed by atoms with Gasteiger partial charge in [-0.2, -0.15) is 0 Å². The van der Waals surface area contributed by atoms with Gasteiger partial charge in [0.25, 0.3) is 0 Å². The van der Waals surface area contributed by atoms with Gasteiger partial charge in [-0.3, -0.25) is 0 Å². The summed E-state index contributed by atoms with van der Waals surface area (Å²) in [6.45, 7) is 3.88. The van der Waals surface area contributed by atoms with Crippen LogP contribution >= 0.6 is 23.2 Å². The fraction of sp³-hybridized carbons (Fsp3) is 1.00. The third-order valence-corrected chi connectivity index (χ3v) is 1.80. The lowest BCUT2D eigenvalue weighted by Crippen LogP contribution is -2.34. The van der Waals surface area contributed by atoms with Crippen molar-refractivity contribution in [3.8, 4) is 0 Å². The van der Waals surface area contributed by atoms with E-state index >= 15 is 0 Å². The van der Waals surface area contributed by atoms with E-state index in [0.29, 0.717) is 6.42 Å². The van der Waals surface area contributed by atoms with E-state index in [2.05, 4.69) is 0 Å². The van der Waals surface area contributed by atoms with Gasteiger partial charge >= 0.3 is 0 Å². The molecule has 0 aromatic carbocycles. The molecule has 0 fully saturated rings. The summed E-state index contributed by atoms with van der Waals surface area (Å²) in [7, 11) is 0. The van der Waals surface area contributed by atoms with Gasteiger partial charge in [0.1, 0.15) is 0 Å². The van der Waals surface area contributed by atoms with Gasteiger partial charge in [-0.25, -0.2) is 0 Å². The fourth-order valence-electron chi connectivity index (χ4n) is 0.615. The summed E-state index contributed by atoms with van der Waals surface area (Å²) in [5.41, 5.74) is 10.9. The molecule has 0 spiro atoms. The minimum absolute atomic E-state index is 0.0837. The summed E-state index contributed by atoms with van der Waals surface area (Å²) in [6.07, 6.45) is 0.522. The smallest absolute Gasteiger partial charge is 0.166 e. The third-order valence-electron chi connectivity index (χ3n) is 1.49. The molecule has 0 aromatic rings. The number of hydrogen-bond donors (Lipinski definition) is 2. The Kier molecular flexibility index (Phi) is 3.95. The summed E-state index contributed by atoms with van der Waals surface area (Å²) in [5, 5.41) is 0. The Morgan fingerprint density at radius 1 is 1.40 bits per heavy atom. The summed E-state index contributed by atoms with van der Waals surface area (Å²) in [6, 6.07) is 0.0837. The van der Waals surface area contributed by atoms with Crippen LogP contribution in [0.1, 0.15) is 20.3 Å². The standard InChI is InChI=1S/C6H14Cl2N2/c1-4(5(2)9)3-6(7,8)10/h4-5H,3,9-10H2,1-2H3. The van der Waals surface area contributed by atoms with Gasteiger partial charge in [-0.15, -0.1) is 0 Å². The largest absolute Gasteiger partial charge is 0.328 e. The van der Waals surface area contributed by atoms with Crippen LogP contribution in [0.5, 0.6) is 0 Å². The second kappa shape index (κ2) is 3.77. The SMILES string of the molecule is CC(N)C(C)CC(N)(Cl)Cl. The van der Waals surface area contributed by atoms with Gasteiger partial charge in [-0.1, -0.05) is 30.1 Å². The molecule has 2 unspecified atom stereocenters. The molecular formula is C6H14Cl2N2. The normalized spacial score (nSPS) is 18.6. The molecule has 0 saturated carbocycles. The van der Waals surface area contributed by atoms with E-state index in [1.165, 1.54) is 0 Å². The van der Waals surface area contributed by atoms with Crippen LogP contribution in [0.2, 0.25) is 0 Å². The average molecular weight is 185 g/mol. The molecule has 62 valence electrons. The predicted molar refractivity (Wildman–Crippen MR) is 46.1 cm³/mol. The van der Waals surface area contributed by atoms with E-state index in [9.17, 15) is 0 Å². The molecule has 0 rings (SSSR count). The Morgan fingerprint density at radius 2 is 1.80 bits per heavy atom. The minimum Gasteiger partial charge on any atom is -0.328 e. The van der Waals surface area contributed by atoms with E-state index < -0.39 is 4.46 Å². The van der Waals surface area contributed by atoms with Gasteiger partial charge in [0, 0.05) is 6.04 Å². The highest BCUT2D eigenvalue weighted by Crippen LogP contribution is 2.23. The van der Waals surface area contributed by atoms with Crippen molar-refractivity contribution in [1.29, 1.82) is 0 Å². The summed E-state index contributed by atoms with van der Waals surface area (Å²) in [4.78, 5) is 0. The van der Waals surface area contributed by atoms with Crippen molar-refractivity contribution >= 4 is 23.2 Å². The van der Waals surface area contributed by atoms with Crippen molar-refractivity contribution in [3.63, 3.8) is 0 Å². The van der Waals surface area contributed by atoms with Crippen LogP contribution in [0, 0.1) is 5.92 Å². The zero-order valence-electron chi connectivity index (χ0n) is 6.27. The highest BCUT2D eigenvalue weighted by Gasteiger charge is 2.22. The summed E-state index contributed by atoms with van der Waals surface area (Å²) in [5.74, 6) is 0.250. The maximum absolute atomic E-state index is 5.57. The number of hydrogen-bond acceptors (Lipinski definition) is 2. The number of halogens is 2. The highest BCUT2D eigenvalue weighted by molar-refractivity contribution is 6.47. The van der Waals surface area contributed by atoms with Crippen molar-refractivity contribution < 1.29 is 0 Å². The van der Waals surface area contributed by atoms with Crippen LogP contribution in [-0.4, -0.2) is 10.5 Å². The average Bonchev–Trinajstić information content (AvgIpc) is 1.60. The molecule has 2 atom stereocenters. The number of alkyl halides is 2. The molecule has 0 aliphatic rings. The van der Waals surface area contributed by atoms with E-state index in [4.69, 9.17) is 34.7 Å². The Hall–Kier alpha value is 0.500. The maximum atomic E-state index is 5.57. The van der Waals surface area contributed by atoms with Crippen molar-refractivity contribution in [3.05, 3.63) is 0 Å². The van der Waals surface area contributed by atoms with Crippen molar-refractivity contribution in [2.45, 2.75) is 30.8 Å². The summed E-state index contributed by atoms with van der Waals surface area (Å²) >= 11 is 11.1. The Labute approximate surface area is 71.9 Å². The zero-order valence-corrected chi connectivity index (χ0v) is 7.78. The Balaban J connectivity index is 3.68. The molecule has 0 aliphatic heterocycles. The topological polar surface area (TPSA) is 52.0 Å². The lowest BCUT2D eigenvalue weighted by atomic mass is 10.0. The van der Waals surface area contributed by atoms with Crippen LogP contribution in [-0.2, 0) is 0 Å². The predicted octanol–water partition coefficient (Wildman–Crippen LogP) is 1.45. The molecule has 2 nitrogen and oxygen atoms in total. The number of rotatable bonds is 3. The van der Waals surface area contributed by atoms with Crippen molar-refractivity contribution in [2.24, 2.45) is 17.4 Å². The van der Waals surface area contributed by atoms with Crippen molar-refractivity contribution in [1.82, 2.24) is 0 Å². The first-order valence-electron chi connectivity index (χ1n) is 3.25. The lowest BCUT2D eigenvalue weighted by molar-refractivity contribution is 0.430. The second-order valence-corrected chi connectivity index (χ2v) is 4.34. The molecule has 0 bridgehead atoms. The highest BCUT2D eigenvalue weighted by atomic mass is 35.5. The van der Waals surface area contributed by atoms with Crippen LogP contribution in [0.25, 0.3) is 0 Å². The molecule has 10 heavy (non-hydrogen) atoms. The Bertz CT molecular complexity index is 98.4. The molecular weight excluding hydrogens is 171 g/mol. The van der Waals surface area contributed by atoms with Gasteiger partial charge in [0.15, 0.2) is 4.46 Å². The van der Waals surface area contributed by atoms with Crippen LogP contribution in [0.4, 0.5) is 0 Å². The molecule has 0 aromatic heterocycles. The Morgan fingerprint density at radius 3 is 1.90 bits per heavy atom. The minimum atomic E-state index is -1.13. The molecule has 0 amide bonds. The van der Waals surface area contributed by atoms with Crippen molar-refractivity contribution in [2.75, 3.05) is 0 Å². The van der Waals surface area contributed by atoms with Crippen LogP contribution in [0.3, 0.4) is 0 Å². The van der Waals surface area contributed by atoms with Crippen LogP contribution < -0.4 is 11.5 Å². The fourth-order valence-corrected chi connectivity index (χ4v) is 1.10. The molecule has 0 heterocycles. The molecule has 4 heteroatoms. The quantitative estimate of drug-likeness (QED) is 0.516. The molecule has 4 N–H and O–H groups in total. The zero-order chi connectivity index (χ0) is 8.36. The van der Waals surface area contributed by atoms with Gasteiger partial charge < -0.3 is 11.5 Å². The summed E-state index contributed by atoms with van der Waals surface area (Å²) < 4.78 is -1.13. The first-order valence-corrected chi connectivity index (χ1v) is 4.01. The maximum Gasteiger partial charge on any atom is 0.166 e. The second-order valence-electron chi connectivity index (χ2n) is 2.80. The first-order chi connectivity index (χ1) is 4.33. The molecule has 0 aliphatic carbocycles. The van der Waals surface area contributed by atoms with E-state index in [-0.39, 0.29) is 12.0 Å². The van der Waals surface area contributed by atoms with Gasteiger partial charge in [0.05, 0.1) is 0 Å². The lowest BCUT2D eigenvalue weighted by Gasteiger charge is -2.21. The number of nitrogens with two attached hydrogens (primary N) is 2. The molecule has 0 radical (unpaired) electrons.